The van der Waals surface area contributed by atoms with E-state index in [-0.39, 0.29) is 17.5 Å². The molecule has 0 bridgehead atoms. The summed E-state index contributed by atoms with van der Waals surface area (Å²) in [6.07, 6.45) is 0. The fraction of sp³-hybridized carbons (Fsp3) is 0.316. The number of amides is 1. The van der Waals surface area contributed by atoms with Gasteiger partial charge in [-0.3, -0.25) is 9.10 Å². The Morgan fingerprint density at radius 2 is 1.70 bits per heavy atom. The minimum absolute atomic E-state index is 0.0740. The average Bonchev–Trinajstić information content (AvgIpc) is 2.67. The van der Waals surface area contributed by atoms with E-state index in [4.69, 9.17) is 9.47 Å². The first-order chi connectivity index (χ1) is 12.9. The lowest BCUT2D eigenvalue weighted by Crippen LogP contribution is -2.44. The van der Waals surface area contributed by atoms with Crippen molar-refractivity contribution in [3.05, 3.63) is 54.6 Å². The standard InChI is InChI=1S/C19H24N2O5S/c1-15(14-25-2)20-19(22)13-21(16-7-5-4-6-8-16)27(23,24)18-11-9-17(26-3)10-12-18/h4-12,15H,13-14H2,1-3H3,(H,20,22)/t15-/m0/s1. The molecule has 0 radical (unpaired) electrons. The first-order valence-corrected chi connectivity index (χ1v) is 9.82. The number of carbonyl (C=O) groups excluding carboxylic acids is 1. The summed E-state index contributed by atoms with van der Waals surface area (Å²) in [6, 6.07) is 14.3. The van der Waals surface area contributed by atoms with Gasteiger partial charge in [-0.1, -0.05) is 18.2 Å². The number of sulfonamides is 1. The maximum Gasteiger partial charge on any atom is 0.264 e. The van der Waals surface area contributed by atoms with Gasteiger partial charge in [0, 0.05) is 13.2 Å². The molecule has 2 rings (SSSR count). The minimum Gasteiger partial charge on any atom is -0.497 e. The maximum absolute atomic E-state index is 13.2. The van der Waals surface area contributed by atoms with E-state index in [1.165, 1.54) is 26.4 Å². The number of carbonyl (C=O) groups is 1. The Balaban J connectivity index is 2.33. The number of nitrogens with one attached hydrogen (secondary N) is 1. The molecule has 0 aromatic heterocycles. The van der Waals surface area contributed by atoms with Gasteiger partial charge in [-0.2, -0.15) is 0 Å². The molecule has 0 aliphatic carbocycles. The van der Waals surface area contributed by atoms with Gasteiger partial charge >= 0.3 is 0 Å². The molecule has 8 heteroatoms. The van der Waals surface area contributed by atoms with E-state index >= 15 is 0 Å². The largest absolute Gasteiger partial charge is 0.497 e. The molecule has 1 N–H and O–H groups in total. The van der Waals surface area contributed by atoms with E-state index in [1.807, 2.05) is 0 Å². The average molecular weight is 392 g/mol. The van der Waals surface area contributed by atoms with Gasteiger partial charge in [-0.15, -0.1) is 0 Å². The molecule has 0 spiro atoms. The third kappa shape index (κ3) is 5.45. The number of rotatable bonds is 9. The molecule has 2 aromatic carbocycles. The Morgan fingerprint density at radius 3 is 2.26 bits per heavy atom. The number of nitrogens with zero attached hydrogens (tertiary/aromatic N) is 1. The number of hydrogen-bond acceptors (Lipinski definition) is 5. The van der Waals surface area contributed by atoms with Gasteiger partial charge < -0.3 is 14.8 Å². The van der Waals surface area contributed by atoms with Crippen LogP contribution in [0.3, 0.4) is 0 Å². The monoisotopic (exact) mass is 392 g/mol. The Hall–Kier alpha value is -2.58. The molecule has 0 saturated heterocycles. The van der Waals surface area contributed by atoms with E-state index in [0.717, 1.165) is 4.31 Å². The fourth-order valence-electron chi connectivity index (χ4n) is 2.53. The van der Waals surface area contributed by atoms with E-state index in [1.54, 1.807) is 49.4 Å². The first kappa shape index (κ1) is 20.7. The van der Waals surface area contributed by atoms with Crippen molar-refractivity contribution in [3.63, 3.8) is 0 Å². The number of anilines is 1. The van der Waals surface area contributed by atoms with Gasteiger partial charge in [0.15, 0.2) is 0 Å². The zero-order valence-electron chi connectivity index (χ0n) is 15.6. The summed E-state index contributed by atoms with van der Waals surface area (Å²) in [5.74, 6) is 0.131. The van der Waals surface area contributed by atoms with Gasteiger partial charge in [0.1, 0.15) is 12.3 Å². The normalized spacial score (nSPS) is 12.3. The zero-order valence-corrected chi connectivity index (χ0v) is 16.4. The molecule has 27 heavy (non-hydrogen) atoms. The third-order valence-electron chi connectivity index (χ3n) is 3.80. The van der Waals surface area contributed by atoms with Crippen molar-refractivity contribution in [2.45, 2.75) is 17.9 Å². The lowest BCUT2D eigenvalue weighted by atomic mass is 10.3. The number of ether oxygens (including phenoxy) is 2. The van der Waals surface area contributed by atoms with Crippen molar-refractivity contribution in [2.75, 3.05) is 31.7 Å². The van der Waals surface area contributed by atoms with Crippen LogP contribution in [0.25, 0.3) is 0 Å². The van der Waals surface area contributed by atoms with Crippen LogP contribution in [0.2, 0.25) is 0 Å². The third-order valence-corrected chi connectivity index (χ3v) is 5.59. The Morgan fingerprint density at radius 1 is 1.07 bits per heavy atom. The summed E-state index contributed by atoms with van der Waals surface area (Å²) in [5.41, 5.74) is 0.405. The molecule has 0 aliphatic rings. The van der Waals surface area contributed by atoms with Crippen molar-refractivity contribution in [3.8, 4) is 5.75 Å². The molecule has 0 fully saturated rings. The maximum atomic E-state index is 13.2. The van der Waals surface area contributed by atoms with Crippen molar-refractivity contribution in [2.24, 2.45) is 0 Å². The Bertz CT molecular complexity index is 838. The SMILES string of the molecule is COC[C@H](C)NC(=O)CN(c1ccccc1)S(=O)(=O)c1ccc(OC)cc1. The second-order valence-electron chi connectivity index (χ2n) is 5.95. The second-order valence-corrected chi connectivity index (χ2v) is 7.81. The van der Waals surface area contributed by atoms with Crippen LogP contribution < -0.4 is 14.4 Å². The molecule has 0 unspecified atom stereocenters. The number of benzene rings is 2. The molecule has 0 saturated carbocycles. The number of hydrogen-bond donors (Lipinski definition) is 1. The van der Waals surface area contributed by atoms with Crippen molar-refractivity contribution in [1.82, 2.24) is 5.32 Å². The van der Waals surface area contributed by atoms with Crippen molar-refractivity contribution >= 4 is 21.6 Å². The van der Waals surface area contributed by atoms with E-state index in [0.29, 0.717) is 18.0 Å². The Kier molecular flexibility index (Phi) is 7.20. The van der Waals surface area contributed by atoms with Crippen molar-refractivity contribution in [1.29, 1.82) is 0 Å². The summed E-state index contributed by atoms with van der Waals surface area (Å²) >= 11 is 0. The molecule has 0 heterocycles. The van der Waals surface area contributed by atoms with Crippen LogP contribution >= 0.6 is 0 Å². The van der Waals surface area contributed by atoms with Gasteiger partial charge in [-0.05, 0) is 43.3 Å². The van der Waals surface area contributed by atoms with E-state index in [2.05, 4.69) is 5.32 Å². The summed E-state index contributed by atoms with van der Waals surface area (Å²) in [7, 11) is -0.897. The van der Waals surface area contributed by atoms with Gasteiger partial charge in [0.05, 0.1) is 24.3 Å². The molecular weight excluding hydrogens is 368 g/mol. The van der Waals surface area contributed by atoms with Crippen LogP contribution in [0.5, 0.6) is 5.75 Å². The molecule has 2 aromatic rings. The number of methoxy groups -OCH3 is 2. The molecule has 146 valence electrons. The molecule has 7 nitrogen and oxygen atoms in total. The first-order valence-electron chi connectivity index (χ1n) is 8.38. The predicted octanol–water partition coefficient (Wildman–Crippen LogP) is 2.04. The molecule has 1 atom stereocenters. The molecule has 0 aliphatic heterocycles. The van der Waals surface area contributed by atoms with Crippen LogP contribution in [0.15, 0.2) is 59.5 Å². The summed E-state index contributed by atoms with van der Waals surface area (Å²) < 4.78 is 37.5. The van der Waals surface area contributed by atoms with Gasteiger partial charge in [0.2, 0.25) is 5.91 Å². The molecule has 1 amide bonds. The van der Waals surface area contributed by atoms with E-state index in [9.17, 15) is 13.2 Å². The van der Waals surface area contributed by atoms with Crippen LogP contribution in [-0.2, 0) is 19.6 Å². The highest BCUT2D eigenvalue weighted by Gasteiger charge is 2.27. The van der Waals surface area contributed by atoms with Crippen LogP contribution in [0.1, 0.15) is 6.92 Å². The van der Waals surface area contributed by atoms with Gasteiger partial charge in [-0.25, -0.2) is 8.42 Å². The highest BCUT2D eigenvalue weighted by molar-refractivity contribution is 7.92. The summed E-state index contributed by atoms with van der Waals surface area (Å²) in [6.45, 7) is 1.78. The lowest BCUT2D eigenvalue weighted by molar-refractivity contribution is -0.120. The number of para-hydroxylation sites is 1. The summed E-state index contributed by atoms with van der Waals surface area (Å²) in [5, 5.41) is 2.73. The fourth-order valence-corrected chi connectivity index (χ4v) is 3.95. The van der Waals surface area contributed by atoms with Crippen LogP contribution in [-0.4, -0.2) is 47.7 Å². The van der Waals surface area contributed by atoms with E-state index < -0.39 is 15.9 Å². The molecular formula is C19H24N2O5S. The second kappa shape index (κ2) is 9.38. The quantitative estimate of drug-likeness (QED) is 0.706. The zero-order chi connectivity index (χ0) is 19.9. The minimum atomic E-state index is -3.94. The predicted molar refractivity (Wildman–Crippen MR) is 103 cm³/mol. The highest BCUT2D eigenvalue weighted by Crippen LogP contribution is 2.24. The Labute approximate surface area is 160 Å². The highest BCUT2D eigenvalue weighted by atomic mass is 32.2. The van der Waals surface area contributed by atoms with Crippen LogP contribution in [0, 0.1) is 0 Å². The topological polar surface area (TPSA) is 84.9 Å². The summed E-state index contributed by atoms with van der Waals surface area (Å²) in [4.78, 5) is 12.5. The lowest BCUT2D eigenvalue weighted by Gasteiger charge is -2.25. The van der Waals surface area contributed by atoms with Crippen molar-refractivity contribution < 1.29 is 22.7 Å². The van der Waals surface area contributed by atoms with Crippen LogP contribution in [0.4, 0.5) is 5.69 Å². The smallest absolute Gasteiger partial charge is 0.264 e. The van der Waals surface area contributed by atoms with Gasteiger partial charge in [0.25, 0.3) is 10.0 Å².